The predicted molar refractivity (Wildman–Crippen MR) is 34.0 cm³/mol. The van der Waals surface area contributed by atoms with Gasteiger partial charge < -0.3 is 18.3 Å². The van der Waals surface area contributed by atoms with Gasteiger partial charge in [-0.1, -0.05) is 0 Å². The molecular weight excluding hydrogens is 323 g/mol. The summed E-state index contributed by atoms with van der Waals surface area (Å²) < 4.78 is 80.7. The van der Waals surface area contributed by atoms with E-state index < -0.39 is 25.6 Å². The Morgan fingerprint density at radius 1 is 1.12 bits per heavy atom. The number of hydrogen-bond acceptors (Lipinski definition) is 3. The second-order valence-corrected chi connectivity index (χ2v) is 2.17. The van der Waals surface area contributed by atoms with Crippen LogP contribution in [0.15, 0.2) is 0 Å². The third kappa shape index (κ3) is 9.77. The molecule has 0 bridgehead atoms. The molecule has 0 aliphatic heterocycles. The molecular formula is C6H7F6O3Y-. The number of alkyl halides is 4. The van der Waals surface area contributed by atoms with Crippen molar-refractivity contribution < 1.29 is 73.3 Å². The Labute approximate surface area is 112 Å². The SMILES string of the molecule is CCOCC(F)(F)OC(F)(F)O[C-](F)F.[Y]. The first-order chi connectivity index (χ1) is 6.68. The van der Waals surface area contributed by atoms with Crippen LogP contribution in [0.4, 0.5) is 26.3 Å². The number of ether oxygens (including phenoxy) is 3. The number of rotatable bonds is 7. The topological polar surface area (TPSA) is 27.7 Å². The standard InChI is InChI=1S/C6H7F6O3.Y/c1-2-13-3-5(9,10)15-6(11,12)14-4(7)8;/h2-3H2,1H3;/q-1;. The maximum Gasteiger partial charge on any atom is 0.464 e. The van der Waals surface area contributed by atoms with Crippen LogP contribution in [-0.2, 0) is 46.9 Å². The zero-order valence-corrected chi connectivity index (χ0v) is 10.8. The van der Waals surface area contributed by atoms with Gasteiger partial charge in [-0.3, -0.25) is 0 Å². The van der Waals surface area contributed by atoms with Gasteiger partial charge in [0, 0.05) is 39.3 Å². The molecule has 3 nitrogen and oxygen atoms in total. The molecule has 0 aliphatic carbocycles. The molecule has 0 fully saturated rings. The first-order valence-electron chi connectivity index (χ1n) is 3.59. The van der Waals surface area contributed by atoms with Crippen molar-refractivity contribution in [2.45, 2.75) is 19.3 Å². The van der Waals surface area contributed by atoms with E-state index in [1.807, 2.05) is 0 Å². The van der Waals surface area contributed by atoms with Crippen LogP contribution in [0.2, 0.25) is 0 Å². The minimum atomic E-state index is -5.11. The van der Waals surface area contributed by atoms with E-state index in [0.717, 1.165) is 0 Å². The van der Waals surface area contributed by atoms with Crippen LogP contribution >= 0.6 is 0 Å². The second-order valence-electron chi connectivity index (χ2n) is 2.17. The van der Waals surface area contributed by atoms with Crippen LogP contribution < -0.4 is 0 Å². The fourth-order valence-electron chi connectivity index (χ4n) is 0.535. The second kappa shape index (κ2) is 7.81. The Morgan fingerprint density at radius 3 is 2.00 bits per heavy atom. The van der Waals surface area contributed by atoms with E-state index in [2.05, 4.69) is 14.2 Å². The quantitative estimate of drug-likeness (QED) is 0.408. The van der Waals surface area contributed by atoms with Crippen molar-refractivity contribution in [1.29, 1.82) is 0 Å². The molecule has 0 rings (SSSR count). The zero-order chi connectivity index (χ0) is 12.1. The molecule has 0 aromatic carbocycles. The maximum absolute atomic E-state index is 12.4. The smallest absolute Gasteiger partial charge is 0.407 e. The normalized spacial score (nSPS) is 12.8. The molecule has 0 heterocycles. The van der Waals surface area contributed by atoms with Gasteiger partial charge in [-0.25, -0.2) is 4.74 Å². The van der Waals surface area contributed by atoms with Crippen molar-refractivity contribution >= 4 is 0 Å². The molecule has 0 atom stereocenters. The molecule has 0 N–H and O–H groups in total. The Balaban J connectivity index is 0. The van der Waals surface area contributed by atoms with Crippen LogP contribution in [0.3, 0.4) is 0 Å². The molecule has 1 radical (unpaired) electrons. The van der Waals surface area contributed by atoms with Crippen LogP contribution in [0.5, 0.6) is 0 Å². The summed E-state index contributed by atoms with van der Waals surface area (Å²) in [5, 5.41) is 0. The van der Waals surface area contributed by atoms with Gasteiger partial charge in [0.05, 0.1) is 0 Å². The Kier molecular flexibility index (Phi) is 9.23. The van der Waals surface area contributed by atoms with E-state index in [9.17, 15) is 26.3 Å². The van der Waals surface area contributed by atoms with Crippen LogP contribution in [0.25, 0.3) is 0 Å². The summed E-state index contributed by atoms with van der Waals surface area (Å²) in [5.41, 5.74) is 0. The first kappa shape index (κ1) is 18.9. The molecule has 0 aromatic rings. The number of hydrogen-bond donors (Lipinski definition) is 0. The summed E-state index contributed by atoms with van der Waals surface area (Å²) in [6, 6.07) is 0. The van der Waals surface area contributed by atoms with Crippen molar-refractivity contribution in [1.82, 2.24) is 0 Å². The van der Waals surface area contributed by atoms with Gasteiger partial charge in [-0.15, -0.1) is 8.78 Å². The van der Waals surface area contributed by atoms with E-state index in [0.29, 0.717) is 0 Å². The maximum atomic E-state index is 12.4. The molecule has 0 unspecified atom stereocenters. The van der Waals surface area contributed by atoms with Crippen LogP contribution in [0.1, 0.15) is 6.92 Å². The molecule has 16 heavy (non-hydrogen) atoms. The summed E-state index contributed by atoms with van der Waals surface area (Å²) in [5.74, 6) is 0. The zero-order valence-electron chi connectivity index (χ0n) is 7.98. The summed E-state index contributed by atoms with van der Waals surface area (Å²) >= 11 is 0. The first-order valence-corrected chi connectivity index (χ1v) is 3.59. The van der Waals surface area contributed by atoms with Crippen molar-refractivity contribution in [2.24, 2.45) is 0 Å². The monoisotopic (exact) mass is 330 g/mol. The van der Waals surface area contributed by atoms with Gasteiger partial charge in [0.2, 0.25) is 0 Å². The molecule has 10 heteroatoms. The molecule has 0 spiro atoms. The Bertz CT molecular complexity index is 191. The average molecular weight is 330 g/mol. The van der Waals surface area contributed by atoms with Crippen LogP contribution in [-0.4, -0.2) is 25.6 Å². The number of halogens is 6. The molecule has 0 aliphatic rings. The summed E-state index contributed by atoms with van der Waals surface area (Å²) in [4.78, 5) is 0. The van der Waals surface area contributed by atoms with E-state index >= 15 is 0 Å². The molecule has 0 saturated carbocycles. The van der Waals surface area contributed by atoms with E-state index in [1.165, 1.54) is 6.92 Å². The average Bonchev–Trinajstić information content (AvgIpc) is 1.95. The van der Waals surface area contributed by atoms with E-state index in [1.54, 1.807) is 0 Å². The van der Waals surface area contributed by atoms with E-state index in [-0.39, 0.29) is 39.3 Å². The molecule has 0 amide bonds. The molecule has 95 valence electrons. The Hall–Kier alpha value is 0.564. The third-order valence-electron chi connectivity index (χ3n) is 0.938. The molecule has 0 saturated heterocycles. The minimum Gasteiger partial charge on any atom is -0.407 e. The van der Waals surface area contributed by atoms with Crippen molar-refractivity contribution in [3.05, 3.63) is 6.61 Å². The van der Waals surface area contributed by atoms with Crippen molar-refractivity contribution in [2.75, 3.05) is 13.2 Å². The van der Waals surface area contributed by atoms with Gasteiger partial charge in [0.1, 0.15) is 13.2 Å². The van der Waals surface area contributed by atoms with Crippen LogP contribution in [0, 0.1) is 6.61 Å². The summed E-state index contributed by atoms with van der Waals surface area (Å²) in [6.45, 7) is -3.52. The third-order valence-corrected chi connectivity index (χ3v) is 0.938. The largest absolute Gasteiger partial charge is 0.464 e. The predicted octanol–water partition coefficient (Wildman–Crippen LogP) is 2.58. The van der Waals surface area contributed by atoms with Gasteiger partial charge in [-0.2, -0.15) is 8.78 Å². The van der Waals surface area contributed by atoms with Crippen molar-refractivity contribution in [3.8, 4) is 0 Å². The molecule has 0 aromatic heterocycles. The fraction of sp³-hybridized carbons (Fsp3) is 0.833. The van der Waals surface area contributed by atoms with Crippen molar-refractivity contribution in [3.63, 3.8) is 0 Å². The Morgan fingerprint density at radius 2 is 1.62 bits per heavy atom. The summed E-state index contributed by atoms with van der Waals surface area (Å²) in [7, 11) is 0. The minimum absolute atomic E-state index is 0. The summed E-state index contributed by atoms with van der Waals surface area (Å²) in [6.07, 6.45) is -9.53. The van der Waals surface area contributed by atoms with Gasteiger partial charge in [0.25, 0.3) is 0 Å². The van der Waals surface area contributed by atoms with Gasteiger partial charge in [0.15, 0.2) is 0 Å². The van der Waals surface area contributed by atoms with Gasteiger partial charge in [-0.05, 0) is 6.92 Å². The van der Waals surface area contributed by atoms with Gasteiger partial charge >= 0.3 is 12.4 Å². The van der Waals surface area contributed by atoms with E-state index in [4.69, 9.17) is 0 Å². The fourth-order valence-corrected chi connectivity index (χ4v) is 0.535.